The fourth-order valence-corrected chi connectivity index (χ4v) is 4.74. The minimum Gasteiger partial charge on any atom is -0.284 e. The van der Waals surface area contributed by atoms with Crippen molar-refractivity contribution in [1.29, 1.82) is 0 Å². The van der Waals surface area contributed by atoms with E-state index in [0.717, 1.165) is 12.8 Å². The summed E-state index contributed by atoms with van der Waals surface area (Å²) in [6, 6.07) is 0. The molecule has 0 atom stereocenters. The van der Waals surface area contributed by atoms with Crippen molar-refractivity contribution in [2.75, 3.05) is 0 Å². The molecule has 0 saturated carbocycles. The highest BCUT2D eigenvalue weighted by molar-refractivity contribution is 8.05. The molecule has 0 aliphatic carbocycles. The summed E-state index contributed by atoms with van der Waals surface area (Å²) < 4.78 is 62.1. The maximum atomic E-state index is 11.5. The fourth-order valence-electron chi connectivity index (χ4n) is 2.06. The van der Waals surface area contributed by atoms with Crippen molar-refractivity contribution >= 4 is 20.2 Å². The van der Waals surface area contributed by atoms with Crippen molar-refractivity contribution in [3.8, 4) is 0 Å². The Morgan fingerprint density at radius 1 is 0.737 bits per heavy atom. The van der Waals surface area contributed by atoms with Crippen molar-refractivity contribution in [3.05, 3.63) is 0 Å². The average Bonchev–Trinajstić information content (AvgIpc) is 2.24. The van der Waals surface area contributed by atoms with Gasteiger partial charge in [0.25, 0.3) is 20.2 Å². The molecule has 0 aliphatic rings. The van der Waals surface area contributed by atoms with E-state index in [4.69, 9.17) is 0 Å². The third-order valence-electron chi connectivity index (χ3n) is 3.26. The molecule has 0 aromatic rings. The minimum atomic E-state index is -4.88. The van der Waals surface area contributed by atoms with Crippen molar-refractivity contribution in [2.24, 2.45) is 0 Å². The molecular formula is C11H24O6S2. The second-order valence-electron chi connectivity index (χ2n) is 4.78. The Bertz CT molecular complexity index is 408. The van der Waals surface area contributed by atoms with Gasteiger partial charge in [0.2, 0.25) is 4.08 Å². The smallest absolute Gasteiger partial charge is 0.284 e. The van der Waals surface area contributed by atoms with Crippen LogP contribution in [0.4, 0.5) is 0 Å². The van der Waals surface area contributed by atoms with Gasteiger partial charge in [-0.2, -0.15) is 16.8 Å². The molecule has 0 radical (unpaired) electrons. The molecule has 8 heteroatoms. The lowest BCUT2D eigenvalue weighted by Gasteiger charge is -2.27. The third-order valence-corrected chi connectivity index (χ3v) is 7.22. The SMILES string of the molecule is CCCCCC(CCCCC)(S(=O)(=O)O)S(=O)(=O)O. The standard InChI is InChI=1S/C11H24O6S2/c1-3-5-7-9-11(18(12,13)14,19(15,16)17)10-8-6-4-2/h3-10H2,1-2H3,(H,12,13,14)(H,15,16,17). The van der Waals surface area contributed by atoms with Gasteiger partial charge >= 0.3 is 0 Å². The zero-order valence-electron chi connectivity index (χ0n) is 11.5. The van der Waals surface area contributed by atoms with Crippen LogP contribution in [-0.4, -0.2) is 30.0 Å². The molecule has 6 nitrogen and oxygen atoms in total. The predicted octanol–water partition coefficient (Wildman–Crippen LogP) is 2.62. The van der Waals surface area contributed by atoms with Crippen LogP contribution in [0.15, 0.2) is 0 Å². The second-order valence-corrected chi connectivity index (χ2v) is 8.50. The maximum Gasteiger partial charge on any atom is 0.287 e. The van der Waals surface area contributed by atoms with E-state index in [2.05, 4.69) is 0 Å². The number of hydrogen-bond acceptors (Lipinski definition) is 4. The summed E-state index contributed by atoms with van der Waals surface area (Å²) >= 11 is 0. The summed E-state index contributed by atoms with van der Waals surface area (Å²) in [6.07, 6.45) is 2.93. The Morgan fingerprint density at radius 3 is 1.26 bits per heavy atom. The van der Waals surface area contributed by atoms with Crippen LogP contribution in [-0.2, 0) is 20.2 Å². The van der Waals surface area contributed by atoms with Crippen molar-refractivity contribution in [3.63, 3.8) is 0 Å². The molecule has 0 rings (SSSR count). The van der Waals surface area contributed by atoms with Gasteiger partial charge in [-0.05, 0) is 12.8 Å². The van der Waals surface area contributed by atoms with E-state index in [1.807, 2.05) is 13.8 Å². The Kier molecular flexibility index (Phi) is 7.49. The zero-order chi connectivity index (χ0) is 15.2. The molecule has 0 spiro atoms. The summed E-state index contributed by atoms with van der Waals surface area (Å²) in [5, 5.41) is 0. The molecule has 0 saturated heterocycles. The van der Waals surface area contributed by atoms with Crippen LogP contribution in [0.25, 0.3) is 0 Å². The quantitative estimate of drug-likeness (QED) is 0.473. The molecule has 0 aliphatic heterocycles. The first-order chi connectivity index (χ1) is 8.62. The lowest BCUT2D eigenvalue weighted by molar-refractivity contribution is 0.390. The maximum absolute atomic E-state index is 11.5. The van der Waals surface area contributed by atoms with Gasteiger partial charge in [-0.3, -0.25) is 9.11 Å². The molecule has 0 fully saturated rings. The van der Waals surface area contributed by atoms with Gasteiger partial charge in [-0.25, -0.2) is 0 Å². The van der Waals surface area contributed by atoms with Crippen LogP contribution in [0.2, 0.25) is 0 Å². The molecule has 0 aromatic heterocycles. The average molecular weight is 316 g/mol. The highest BCUT2D eigenvalue weighted by atomic mass is 32.3. The summed E-state index contributed by atoms with van der Waals surface area (Å²) in [7, 11) is -9.77. The second kappa shape index (κ2) is 7.56. The van der Waals surface area contributed by atoms with Crippen LogP contribution in [0.3, 0.4) is 0 Å². The van der Waals surface area contributed by atoms with Crippen LogP contribution in [0.1, 0.15) is 65.2 Å². The van der Waals surface area contributed by atoms with Gasteiger partial charge < -0.3 is 0 Å². The Hall–Kier alpha value is -0.180. The summed E-state index contributed by atoms with van der Waals surface area (Å²) in [5.74, 6) is 0. The monoisotopic (exact) mass is 316 g/mol. The number of unbranched alkanes of at least 4 members (excludes halogenated alkanes) is 4. The van der Waals surface area contributed by atoms with Gasteiger partial charge in [0.1, 0.15) is 0 Å². The van der Waals surface area contributed by atoms with E-state index in [0.29, 0.717) is 25.7 Å². The molecule has 116 valence electrons. The third kappa shape index (κ3) is 5.02. The Morgan fingerprint density at radius 2 is 1.05 bits per heavy atom. The molecular weight excluding hydrogens is 292 g/mol. The molecule has 19 heavy (non-hydrogen) atoms. The summed E-state index contributed by atoms with van der Waals surface area (Å²) in [4.78, 5) is 0. The largest absolute Gasteiger partial charge is 0.287 e. The van der Waals surface area contributed by atoms with Gasteiger partial charge in [-0.1, -0.05) is 52.4 Å². The minimum absolute atomic E-state index is 0.276. The molecule has 0 aromatic carbocycles. The molecule has 2 N–H and O–H groups in total. The van der Waals surface area contributed by atoms with Gasteiger partial charge in [-0.15, -0.1) is 0 Å². The number of hydrogen-bond donors (Lipinski definition) is 2. The van der Waals surface area contributed by atoms with Gasteiger partial charge in [0, 0.05) is 0 Å². The lowest BCUT2D eigenvalue weighted by Crippen LogP contribution is -2.46. The first kappa shape index (κ1) is 18.8. The van der Waals surface area contributed by atoms with Crippen molar-refractivity contribution in [2.45, 2.75) is 69.3 Å². The Labute approximate surface area is 116 Å². The topological polar surface area (TPSA) is 109 Å². The predicted molar refractivity (Wildman–Crippen MR) is 74.1 cm³/mol. The van der Waals surface area contributed by atoms with Crippen molar-refractivity contribution in [1.82, 2.24) is 0 Å². The first-order valence-corrected chi connectivity index (χ1v) is 9.44. The molecule has 0 unspecified atom stereocenters. The van der Waals surface area contributed by atoms with Gasteiger partial charge in [0.15, 0.2) is 0 Å². The summed E-state index contributed by atoms with van der Waals surface area (Å²) in [6.45, 7) is 3.78. The Balaban J connectivity index is 5.37. The van der Waals surface area contributed by atoms with Crippen LogP contribution in [0.5, 0.6) is 0 Å². The number of rotatable bonds is 10. The van der Waals surface area contributed by atoms with E-state index in [1.165, 1.54) is 0 Å². The zero-order valence-corrected chi connectivity index (χ0v) is 13.1. The highest BCUT2D eigenvalue weighted by Gasteiger charge is 2.53. The van der Waals surface area contributed by atoms with E-state index in [1.54, 1.807) is 0 Å². The van der Waals surface area contributed by atoms with E-state index >= 15 is 0 Å². The lowest BCUT2D eigenvalue weighted by atomic mass is 10.1. The van der Waals surface area contributed by atoms with Crippen LogP contribution in [0, 0.1) is 0 Å². The highest BCUT2D eigenvalue weighted by Crippen LogP contribution is 2.35. The first-order valence-electron chi connectivity index (χ1n) is 6.56. The van der Waals surface area contributed by atoms with E-state index in [-0.39, 0.29) is 12.8 Å². The van der Waals surface area contributed by atoms with Crippen LogP contribution < -0.4 is 0 Å². The van der Waals surface area contributed by atoms with E-state index in [9.17, 15) is 25.9 Å². The van der Waals surface area contributed by atoms with E-state index < -0.39 is 24.3 Å². The molecule has 0 amide bonds. The van der Waals surface area contributed by atoms with Crippen molar-refractivity contribution < 1.29 is 25.9 Å². The molecule has 0 heterocycles. The van der Waals surface area contributed by atoms with Gasteiger partial charge in [0.05, 0.1) is 0 Å². The normalized spacial score (nSPS) is 13.7. The fraction of sp³-hybridized carbons (Fsp3) is 1.00. The molecule has 0 bridgehead atoms. The summed E-state index contributed by atoms with van der Waals surface area (Å²) in [5.41, 5.74) is 0. The van der Waals surface area contributed by atoms with Crippen LogP contribution >= 0.6 is 0 Å².